The first kappa shape index (κ1) is 6.57. The van der Waals surface area contributed by atoms with Gasteiger partial charge in [-0.1, -0.05) is 0 Å². The fraction of sp³-hybridized carbons (Fsp3) is 0.250. The predicted octanol–water partition coefficient (Wildman–Crippen LogP) is -0.462. The van der Waals surface area contributed by atoms with E-state index in [9.17, 15) is 9.59 Å². The number of hydrogen-bond donors (Lipinski definition) is 1. The van der Waals surface area contributed by atoms with Crippen molar-refractivity contribution in [1.29, 1.82) is 0 Å². The number of aliphatic hydroxyl groups is 1. The number of rotatable bonds is 0. The molecule has 0 aromatic heterocycles. The van der Waals surface area contributed by atoms with Gasteiger partial charge in [-0.15, -0.1) is 0 Å². The average Bonchev–Trinajstić information content (AvgIpc) is 1.98. The Balaban J connectivity index is 2.77. The van der Waals surface area contributed by atoms with Gasteiger partial charge in [-0.05, 0) is 11.8 Å². The number of amides is 1. The van der Waals surface area contributed by atoms with Crippen LogP contribution in [0.15, 0.2) is 0 Å². The van der Waals surface area contributed by atoms with Gasteiger partial charge in [0.05, 0.1) is 0 Å². The van der Waals surface area contributed by atoms with Crippen LogP contribution in [0.4, 0.5) is 0 Å². The minimum atomic E-state index is -0.669. The van der Waals surface area contributed by atoms with Crippen LogP contribution in [-0.2, 0) is 9.59 Å². The van der Waals surface area contributed by atoms with Crippen LogP contribution in [0.5, 0.6) is 0 Å². The molecule has 1 amide bonds. The van der Waals surface area contributed by atoms with Crippen LogP contribution < -0.4 is 0 Å². The van der Waals surface area contributed by atoms with Crippen molar-refractivity contribution in [2.24, 2.45) is 0 Å². The van der Waals surface area contributed by atoms with Gasteiger partial charge in [-0.3, -0.25) is 14.5 Å². The Morgan fingerprint density at radius 3 is 2.22 bits per heavy atom. The van der Waals surface area contributed by atoms with Crippen molar-refractivity contribution >= 4 is 22.8 Å². The maximum atomic E-state index is 10.5. The average molecular weight is 146 g/mol. The number of carbonyl (C=O) groups is 2. The van der Waals surface area contributed by atoms with Crippen molar-refractivity contribution in [3.63, 3.8) is 0 Å². The summed E-state index contributed by atoms with van der Waals surface area (Å²) in [5.41, 5.74) is -0.245. The minimum absolute atomic E-state index is 0.245. The molecular formula is C4H4NO3S. The lowest BCUT2D eigenvalue weighted by Crippen LogP contribution is -2.24. The fourth-order valence-electron chi connectivity index (χ4n) is 0.419. The molecule has 5 heteroatoms. The highest BCUT2D eigenvalue weighted by Gasteiger charge is 2.36. The highest BCUT2D eigenvalue weighted by atomic mass is 32.2. The molecule has 1 saturated heterocycles. The first-order valence-corrected chi connectivity index (χ1v) is 3.00. The van der Waals surface area contributed by atoms with Gasteiger partial charge in [-0.2, -0.15) is 0 Å². The molecule has 1 rings (SSSR count). The summed E-state index contributed by atoms with van der Waals surface area (Å²) in [6.45, 7) is 0. The topological polar surface area (TPSA) is 57.6 Å². The number of thioether (sulfide) groups is 1. The molecule has 0 atom stereocenters. The lowest BCUT2D eigenvalue weighted by molar-refractivity contribution is -0.138. The van der Waals surface area contributed by atoms with Crippen LogP contribution >= 0.6 is 11.8 Å². The zero-order valence-electron chi connectivity index (χ0n) is 4.62. The molecule has 1 aliphatic rings. The second kappa shape index (κ2) is 2.00. The second-order valence-electron chi connectivity index (χ2n) is 1.54. The molecule has 4 nitrogen and oxygen atoms in total. The number of carbonyl (C=O) groups excluding carboxylic acids is 2. The summed E-state index contributed by atoms with van der Waals surface area (Å²) in [4.78, 5) is 21.8. The quantitative estimate of drug-likeness (QED) is 0.470. The molecule has 0 saturated carbocycles. The van der Waals surface area contributed by atoms with Gasteiger partial charge in [-0.25, -0.2) is 0 Å². The van der Waals surface area contributed by atoms with E-state index in [1.54, 1.807) is 0 Å². The lowest BCUT2D eigenvalue weighted by atomic mass is 10.6. The zero-order chi connectivity index (χ0) is 7.02. The monoisotopic (exact) mass is 146 g/mol. The standard InChI is InChI=1S/C4H4NO3S/c1-5-2(6)3(7)9-4(5)8/h8H,1H3. The van der Waals surface area contributed by atoms with Crippen molar-refractivity contribution in [1.82, 2.24) is 4.90 Å². The maximum absolute atomic E-state index is 10.5. The predicted molar refractivity (Wildman–Crippen MR) is 30.5 cm³/mol. The molecule has 1 radical (unpaired) electrons. The van der Waals surface area contributed by atoms with Crippen LogP contribution in [-0.4, -0.2) is 28.1 Å². The third kappa shape index (κ3) is 0.927. The van der Waals surface area contributed by atoms with E-state index in [1.807, 2.05) is 0 Å². The highest BCUT2D eigenvalue weighted by molar-refractivity contribution is 8.18. The number of nitrogens with zero attached hydrogens (tertiary/aromatic N) is 1. The van der Waals surface area contributed by atoms with Crippen molar-refractivity contribution in [3.8, 4) is 0 Å². The third-order valence-electron chi connectivity index (χ3n) is 0.950. The minimum Gasteiger partial charge on any atom is -0.357 e. The Bertz CT molecular complexity index is 169. The zero-order valence-corrected chi connectivity index (χ0v) is 5.44. The molecule has 0 spiro atoms. The third-order valence-corrected chi connectivity index (χ3v) is 1.77. The number of likely N-dealkylation sites (N-methyl/N-ethyl adjacent to an activating group) is 1. The smallest absolute Gasteiger partial charge is 0.304 e. The SMILES string of the molecule is CN1[C](O)SC(=O)C1=O. The Morgan fingerprint density at radius 2 is 2.11 bits per heavy atom. The number of aliphatic hydroxyl groups excluding tert-OH is 1. The Hall–Kier alpha value is -0.550. The van der Waals surface area contributed by atoms with Gasteiger partial charge in [0.1, 0.15) is 0 Å². The molecule has 0 unspecified atom stereocenters. The molecule has 0 aromatic rings. The van der Waals surface area contributed by atoms with Crippen molar-refractivity contribution < 1.29 is 14.7 Å². The molecule has 1 aliphatic heterocycles. The largest absolute Gasteiger partial charge is 0.357 e. The summed E-state index contributed by atoms with van der Waals surface area (Å²) in [6.07, 6.45) is 0. The van der Waals surface area contributed by atoms with Gasteiger partial charge < -0.3 is 5.11 Å². The summed E-state index contributed by atoms with van der Waals surface area (Å²) in [5.74, 6) is -0.669. The van der Waals surface area contributed by atoms with E-state index < -0.39 is 11.0 Å². The van der Waals surface area contributed by atoms with Crippen LogP contribution in [0.25, 0.3) is 0 Å². The molecule has 0 bridgehead atoms. The molecule has 49 valence electrons. The molecule has 0 aliphatic carbocycles. The van der Waals surface area contributed by atoms with E-state index in [2.05, 4.69) is 0 Å². The molecule has 1 N–H and O–H groups in total. The second-order valence-corrected chi connectivity index (χ2v) is 2.48. The van der Waals surface area contributed by atoms with E-state index in [4.69, 9.17) is 5.11 Å². The van der Waals surface area contributed by atoms with E-state index in [0.717, 1.165) is 4.90 Å². The Kier molecular flexibility index (Phi) is 1.46. The van der Waals surface area contributed by atoms with Crippen molar-refractivity contribution in [3.05, 3.63) is 5.56 Å². The van der Waals surface area contributed by atoms with E-state index in [1.165, 1.54) is 7.05 Å². The van der Waals surface area contributed by atoms with Crippen molar-refractivity contribution in [2.75, 3.05) is 7.05 Å². The van der Waals surface area contributed by atoms with E-state index in [-0.39, 0.29) is 5.56 Å². The van der Waals surface area contributed by atoms with E-state index >= 15 is 0 Å². The Morgan fingerprint density at radius 1 is 1.56 bits per heavy atom. The summed E-state index contributed by atoms with van der Waals surface area (Å²) in [6, 6.07) is 0. The van der Waals surface area contributed by atoms with Crippen LogP contribution in [0.2, 0.25) is 0 Å². The Labute approximate surface area is 55.8 Å². The molecule has 1 fully saturated rings. The van der Waals surface area contributed by atoms with Crippen molar-refractivity contribution in [2.45, 2.75) is 0 Å². The highest BCUT2D eigenvalue weighted by Crippen LogP contribution is 2.28. The lowest BCUT2D eigenvalue weighted by Gasteiger charge is -2.06. The first-order valence-electron chi connectivity index (χ1n) is 2.18. The van der Waals surface area contributed by atoms with Gasteiger partial charge in [0, 0.05) is 7.05 Å². The summed E-state index contributed by atoms with van der Waals surface area (Å²) >= 11 is 0.546. The molecule has 9 heavy (non-hydrogen) atoms. The summed E-state index contributed by atoms with van der Waals surface area (Å²) in [7, 11) is 1.34. The normalized spacial score (nSPS) is 21.8. The van der Waals surface area contributed by atoms with Gasteiger partial charge in [0.25, 0.3) is 10.7 Å². The van der Waals surface area contributed by atoms with E-state index in [0.29, 0.717) is 11.8 Å². The maximum Gasteiger partial charge on any atom is 0.304 e. The molecular weight excluding hydrogens is 142 g/mol. The van der Waals surface area contributed by atoms with Crippen LogP contribution in [0, 0.1) is 5.56 Å². The van der Waals surface area contributed by atoms with Crippen LogP contribution in [0.3, 0.4) is 0 Å². The van der Waals surface area contributed by atoms with Gasteiger partial charge in [0.2, 0.25) is 0 Å². The van der Waals surface area contributed by atoms with Gasteiger partial charge >= 0.3 is 5.91 Å². The van der Waals surface area contributed by atoms with Crippen LogP contribution in [0.1, 0.15) is 0 Å². The first-order chi connectivity index (χ1) is 4.13. The van der Waals surface area contributed by atoms with Gasteiger partial charge in [0.15, 0.2) is 0 Å². The summed E-state index contributed by atoms with van der Waals surface area (Å²) in [5, 5.41) is 8.07. The molecule has 0 aromatic carbocycles. The fourth-order valence-corrected chi connectivity index (χ4v) is 1.03. The number of hydrogen-bond acceptors (Lipinski definition) is 4. The summed E-state index contributed by atoms with van der Waals surface area (Å²) < 4.78 is 0. The molecule has 1 heterocycles.